The van der Waals surface area contributed by atoms with E-state index in [2.05, 4.69) is 0 Å². The van der Waals surface area contributed by atoms with Crippen LogP contribution in [-0.2, 0) is 17.3 Å². The van der Waals surface area contributed by atoms with Gasteiger partial charge in [-0.2, -0.15) is 0 Å². The average Bonchev–Trinajstić information content (AvgIpc) is 2.69. The van der Waals surface area contributed by atoms with E-state index in [1.807, 2.05) is 12.1 Å². The molecule has 1 fully saturated rings. The number of hydrogen-bond donors (Lipinski definition) is 1. The number of aryl methyl sites for hydroxylation is 1. The molecule has 1 saturated carbocycles. The lowest BCUT2D eigenvalue weighted by Crippen LogP contribution is -2.42. The fourth-order valence-electron chi connectivity index (χ4n) is 2.76. The largest absolute Gasteiger partial charge is 0.481 e. The van der Waals surface area contributed by atoms with Gasteiger partial charge in [-0.05, 0) is 30.5 Å². The molecule has 1 aromatic carbocycles. The first-order valence-corrected chi connectivity index (χ1v) is 6.63. The molecule has 0 unspecified atom stereocenters. The third-order valence-electron chi connectivity index (χ3n) is 4.26. The Bertz CT molecular complexity index is 705. The second kappa shape index (κ2) is 4.37. The number of hydrogen-bond acceptors (Lipinski definition) is 2. The molecular weight excluding hydrogens is 256 g/mol. The van der Waals surface area contributed by atoms with Crippen LogP contribution in [0.4, 0.5) is 0 Å². The Hall–Kier alpha value is -2.30. The van der Waals surface area contributed by atoms with E-state index in [-0.39, 0.29) is 5.69 Å². The van der Waals surface area contributed by atoms with Gasteiger partial charge in [0.2, 0.25) is 0 Å². The van der Waals surface area contributed by atoms with Crippen LogP contribution in [0.25, 0.3) is 5.69 Å². The summed E-state index contributed by atoms with van der Waals surface area (Å²) in [6.45, 7) is 0. The normalized spacial score (nSPS) is 16.6. The van der Waals surface area contributed by atoms with Crippen molar-refractivity contribution in [3.05, 3.63) is 52.7 Å². The summed E-state index contributed by atoms with van der Waals surface area (Å²) in [7, 11) is 1.70. The van der Waals surface area contributed by atoms with Gasteiger partial charge in [-0.25, -0.2) is 4.79 Å². The monoisotopic (exact) mass is 272 g/mol. The van der Waals surface area contributed by atoms with Gasteiger partial charge < -0.3 is 9.67 Å². The Morgan fingerprint density at radius 2 is 1.85 bits per heavy atom. The van der Waals surface area contributed by atoms with E-state index < -0.39 is 11.4 Å². The third kappa shape index (κ3) is 1.70. The summed E-state index contributed by atoms with van der Waals surface area (Å²) >= 11 is 0. The van der Waals surface area contributed by atoms with Crippen LogP contribution >= 0.6 is 0 Å². The Labute approximate surface area is 116 Å². The second-order valence-electron chi connectivity index (χ2n) is 5.35. The average molecular weight is 272 g/mol. The summed E-state index contributed by atoms with van der Waals surface area (Å²) in [5, 5.41) is 9.41. The van der Waals surface area contributed by atoms with Gasteiger partial charge in [0, 0.05) is 19.4 Å². The number of imidazole rings is 1. The molecule has 1 N–H and O–H groups in total. The molecule has 3 rings (SSSR count). The number of carboxylic acids is 1. The molecule has 0 aliphatic heterocycles. The zero-order chi connectivity index (χ0) is 14.3. The van der Waals surface area contributed by atoms with Gasteiger partial charge >= 0.3 is 11.7 Å². The number of carboxylic acid groups (broad SMARTS) is 1. The second-order valence-corrected chi connectivity index (χ2v) is 5.35. The van der Waals surface area contributed by atoms with Gasteiger partial charge in [0.15, 0.2) is 0 Å². The highest BCUT2D eigenvalue weighted by molar-refractivity contribution is 5.82. The summed E-state index contributed by atoms with van der Waals surface area (Å²) < 4.78 is 3.04. The van der Waals surface area contributed by atoms with Crippen LogP contribution in [-0.4, -0.2) is 20.2 Å². The number of rotatable bonds is 3. The third-order valence-corrected chi connectivity index (χ3v) is 4.26. The van der Waals surface area contributed by atoms with Crippen molar-refractivity contribution in [1.82, 2.24) is 9.13 Å². The molecule has 1 aliphatic carbocycles. The molecule has 0 radical (unpaired) electrons. The highest BCUT2D eigenvalue weighted by Gasteiger charge is 2.45. The molecule has 0 amide bonds. The summed E-state index contributed by atoms with van der Waals surface area (Å²) in [4.78, 5) is 23.3. The molecule has 0 atom stereocenters. The molecule has 20 heavy (non-hydrogen) atoms. The zero-order valence-electron chi connectivity index (χ0n) is 11.2. The van der Waals surface area contributed by atoms with Crippen molar-refractivity contribution in [1.29, 1.82) is 0 Å². The summed E-state index contributed by atoms with van der Waals surface area (Å²) in [6, 6.07) is 7.25. The molecule has 5 nitrogen and oxygen atoms in total. The maximum Gasteiger partial charge on any atom is 0.332 e. The van der Waals surface area contributed by atoms with Crippen LogP contribution in [0.2, 0.25) is 0 Å². The Morgan fingerprint density at radius 3 is 2.25 bits per heavy atom. The van der Waals surface area contributed by atoms with Crippen LogP contribution in [0, 0.1) is 0 Å². The molecule has 104 valence electrons. The summed E-state index contributed by atoms with van der Waals surface area (Å²) in [5.74, 6) is -0.756. The van der Waals surface area contributed by atoms with E-state index >= 15 is 0 Å². The number of aromatic nitrogens is 2. The number of nitrogens with zero attached hydrogens (tertiary/aromatic N) is 2. The van der Waals surface area contributed by atoms with Crippen LogP contribution in [0.1, 0.15) is 24.8 Å². The van der Waals surface area contributed by atoms with E-state index in [9.17, 15) is 14.7 Å². The van der Waals surface area contributed by atoms with Gasteiger partial charge in [-0.3, -0.25) is 9.36 Å². The quantitative estimate of drug-likeness (QED) is 0.924. The summed E-state index contributed by atoms with van der Waals surface area (Å²) in [5.41, 5.74) is 0.734. The van der Waals surface area contributed by atoms with Crippen molar-refractivity contribution in [2.24, 2.45) is 7.05 Å². The number of carbonyl (C=O) groups is 1. The molecule has 0 saturated heterocycles. The molecule has 0 spiro atoms. The molecule has 1 aromatic heterocycles. The molecule has 0 bridgehead atoms. The Kier molecular flexibility index (Phi) is 2.78. The lowest BCUT2D eigenvalue weighted by atomic mass is 9.64. The lowest BCUT2D eigenvalue weighted by molar-refractivity contribution is -0.147. The summed E-state index contributed by atoms with van der Waals surface area (Å²) in [6.07, 6.45) is 5.72. The molecule has 1 aliphatic rings. The fraction of sp³-hybridized carbons (Fsp3) is 0.333. The van der Waals surface area contributed by atoms with E-state index in [0.717, 1.165) is 17.7 Å². The molecule has 5 heteroatoms. The first-order chi connectivity index (χ1) is 9.54. The van der Waals surface area contributed by atoms with E-state index in [1.165, 1.54) is 9.13 Å². The van der Waals surface area contributed by atoms with Crippen LogP contribution in [0.3, 0.4) is 0 Å². The van der Waals surface area contributed by atoms with Crippen molar-refractivity contribution >= 4 is 5.97 Å². The van der Waals surface area contributed by atoms with Crippen LogP contribution in [0.5, 0.6) is 0 Å². The topological polar surface area (TPSA) is 64.2 Å². The standard InChI is InChI=1S/C15H16N2O3/c1-16-9-10-17(14(16)20)12-5-3-11(4-6-12)15(13(18)19)7-2-8-15/h3-6,9-10H,2,7-8H2,1H3,(H,18,19). The van der Waals surface area contributed by atoms with E-state index in [1.54, 1.807) is 31.6 Å². The predicted octanol–water partition coefficient (Wildman–Crippen LogP) is 1.68. The first kappa shape index (κ1) is 12.7. The maximum atomic E-state index is 11.9. The number of benzene rings is 1. The van der Waals surface area contributed by atoms with Crippen molar-refractivity contribution in [2.45, 2.75) is 24.7 Å². The zero-order valence-corrected chi connectivity index (χ0v) is 11.2. The Balaban J connectivity index is 1.98. The predicted molar refractivity (Wildman–Crippen MR) is 74.2 cm³/mol. The fourth-order valence-corrected chi connectivity index (χ4v) is 2.76. The molecular formula is C15H16N2O3. The van der Waals surface area contributed by atoms with Gasteiger partial charge in [-0.1, -0.05) is 18.6 Å². The molecule has 2 aromatic rings. The van der Waals surface area contributed by atoms with Gasteiger partial charge in [0.1, 0.15) is 0 Å². The van der Waals surface area contributed by atoms with Crippen LogP contribution < -0.4 is 5.69 Å². The van der Waals surface area contributed by atoms with Crippen molar-refractivity contribution in [2.75, 3.05) is 0 Å². The lowest BCUT2D eigenvalue weighted by Gasteiger charge is -2.38. The van der Waals surface area contributed by atoms with Crippen molar-refractivity contribution in [3.8, 4) is 5.69 Å². The minimum absolute atomic E-state index is 0.116. The van der Waals surface area contributed by atoms with E-state index in [4.69, 9.17) is 0 Å². The number of aliphatic carboxylic acids is 1. The molecule has 1 heterocycles. The minimum Gasteiger partial charge on any atom is -0.481 e. The highest BCUT2D eigenvalue weighted by atomic mass is 16.4. The maximum absolute atomic E-state index is 11.9. The van der Waals surface area contributed by atoms with Gasteiger partial charge in [-0.15, -0.1) is 0 Å². The smallest absolute Gasteiger partial charge is 0.332 e. The van der Waals surface area contributed by atoms with Gasteiger partial charge in [0.05, 0.1) is 11.1 Å². The Morgan fingerprint density at radius 1 is 1.20 bits per heavy atom. The van der Waals surface area contributed by atoms with Crippen molar-refractivity contribution in [3.63, 3.8) is 0 Å². The minimum atomic E-state index is -0.756. The highest BCUT2D eigenvalue weighted by Crippen LogP contribution is 2.44. The van der Waals surface area contributed by atoms with Gasteiger partial charge in [0.25, 0.3) is 0 Å². The SMILES string of the molecule is Cn1ccn(-c2ccc(C3(C(=O)O)CCC3)cc2)c1=O. The van der Waals surface area contributed by atoms with E-state index in [0.29, 0.717) is 12.8 Å². The van der Waals surface area contributed by atoms with Crippen molar-refractivity contribution < 1.29 is 9.90 Å². The van der Waals surface area contributed by atoms with Crippen LogP contribution in [0.15, 0.2) is 41.5 Å². The first-order valence-electron chi connectivity index (χ1n) is 6.63.